The number of nitrogens with zero attached hydrogens (tertiary/aromatic N) is 2. The van der Waals surface area contributed by atoms with Crippen molar-refractivity contribution in [3.05, 3.63) is 11.6 Å². The number of aliphatic imine (C=N–C) groups is 1. The van der Waals surface area contributed by atoms with Crippen LogP contribution in [0.2, 0.25) is 0 Å². The molecule has 0 spiro atoms. The first kappa shape index (κ1) is 8.36. The van der Waals surface area contributed by atoms with Crippen LogP contribution in [0.1, 0.15) is 0 Å². The number of hydrogen-bond acceptors (Lipinski definition) is 4. The van der Waals surface area contributed by atoms with Gasteiger partial charge in [-0.25, -0.2) is 9.98 Å². The smallest absolute Gasteiger partial charge is 0.209 e. The van der Waals surface area contributed by atoms with Gasteiger partial charge in [-0.2, -0.15) is 0 Å². The monoisotopic (exact) mass is 188 g/mol. The Labute approximate surface area is 72.7 Å². The van der Waals surface area contributed by atoms with E-state index in [4.69, 9.17) is 11.6 Å². The fraction of sp³-hybridized carbons (Fsp3) is 0.167. The molecule has 0 aliphatic rings. The van der Waals surface area contributed by atoms with Gasteiger partial charge in [0.1, 0.15) is 0 Å². The first-order chi connectivity index (χ1) is 5.33. The lowest BCUT2D eigenvalue weighted by Crippen LogP contribution is -1.98. The van der Waals surface area contributed by atoms with E-state index in [0.717, 1.165) is 0 Å². The zero-order chi connectivity index (χ0) is 8.10. The molecular weight excluding hydrogens is 184 g/mol. The minimum absolute atomic E-state index is 0.0329. The average Bonchev–Trinajstić information content (AvgIpc) is 2.52. The Kier molecular flexibility index (Phi) is 3.19. The molecule has 3 nitrogen and oxygen atoms in total. The highest BCUT2D eigenvalue weighted by atomic mass is 35.5. The largest absolute Gasteiger partial charge is 0.292 e. The quantitative estimate of drug-likeness (QED) is 0.535. The van der Waals surface area contributed by atoms with E-state index in [1.54, 1.807) is 11.6 Å². The van der Waals surface area contributed by atoms with Crippen LogP contribution in [0.25, 0.3) is 0 Å². The number of alkyl halides is 1. The second kappa shape index (κ2) is 4.20. The van der Waals surface area contributed by atoms with E-state index in [0.29, 0.717) is 5.13 Å². The van der Waals surface area contributed by atoms with Gasteiger partial charge in [0.2, 0.25) is 5.13 Å². The first-order valence-corrected chi connectivity index (χ1v) is 4.26. The van der Waals surface area contributed by atoms with Gasteiger partial charge in [-0.05, 0) is 0 Å². The number of ketones is 1. The molecule has 0 saturated heterocycles. The zero-order valence-corrected chi connectivity index (χ0v) is 7.10. The Balaban J connectivity index is 2.55. The number of thiazole rings is 1. The minimum Gasteiger partial charge on any atom is -0.292 e. The molecule has 0 N–H and O–H groups in total. The third kappa shape index (κ3) is 2.78. The van der Waals surface area contributed by atoms with Crippen molar-refractivity contribution in [3.8, 4) is 0 Å². The number of Topliss-reactive ketones (excluding diaryl/α,β-unsaturated/α-hetero) is 1. The van der Waals surface area contributed by atoms with Gasteiger partial charge in [0.05, 0.1) is 12.1 Å². The summed E-state index contributed by atoms with van der Waals surface area (Å²) < 4.78 is 0. The number of halogens is 1. The molecule has 0 unspecified atom stereocenters. The van der Waals surface area contributed by atoms with Gasteiger partial charge < -0.3 is 0 Å². The van der Waals surface area contributed by atoms with Crippen LogP contribution in [0, 0.1) is 0 Å². The standard InChI is InChI=1S/C6H5ClN2OS/c7-3-5(10)4-9-6-8-1-2-11-6/h1-2,4H,3H2/b9-4+. The SMILES string of the molecule is O=C(/C=N/c1nccs1)CCl. The summed E-state index contributed by atoms with van der Waals surface area (Å²) in [6.07, 6.45) is 2.81. The molecule has 0 atom stereocenters. The highest BCUT2D eigenvalue weighted by Gasteiger charge is 1.93. The lowest BCUT2D eigenvalue weighted by molar-refractivity contribution is -0.110. The highest BCUT2D eigenvalue weighted by Crippen LogP contribution is 2.13. The predicted molar refractivity (Wildman–Crippen MR) is 46.0 cm³/mol. The van der Waals surface area contributed by atoms with Gasteiger partial charge in [-0.1, -0.05) is 0 Å². The number of hydrogen-bond donors (Lipinski definition) is 0. The van der Waals surface area contributed by atoms with E-state index in [1.165, 1.54) is 17.6 Å². The van der Waals surface area contributed by atoms with Crippen LogP contribution < -0.4 is 0 Å². The van der Waals surface area contributed by atoms with Crippen molar-refractivity contribution in [2.75, 3.05) is 5.88 Å². The number of aromatic nitrogens is 1. The molecule has 11 heavy (non-hydrogen) atoms. The molecule has 0 radical (unpaired) electrons. The summed E-state index contributed by atoms with van der Waals surface area (Å²) in [5.74, 6) is -0.239. The summed E-state index contributed by atoms with van der Waals surface area (Å²) in [5, 5.41) is 2.36. The van der Waals surface area contributed by atoms with Gasteiger partial charge in [0.15, 0.2) is 5.78 Å². The molecule has 58 valence electrons. The lowest BCUT2D eigenvalue weighted by atomic mass is 10.5. The van der Waals surface area contributed by atoms with E-state index in [-0.39, 0.29) is 11.7 Å². The summed E-state index contributed by atoms with van der Waals surface area (Å²) in [6, 6.07) is 0. The molecule has 0 saturated carbocycles. The molecular formula is C6H5ClN2OS. The number of rotatable bonds is 3. The van der Waals surface area contributed by atoms with Crippen LogP contribution in [0.5, 0.6) is 0 Å². The molecule has 1 rings (SSSR count). The highest BCUT2D eigenvalue weighted by molar-refractivity contribution is 7.13. The molecule has 0 aromatic carbocycles. The van der Waals surface area contributed by atoms with Crippen molar-refractivity contribution in [2.24, 2.45) is 4.99 Å². The van der Waals surface area contributed by atoms with Crippen molar-refractivity contribution in [1.29, 1.82) is 0 Å². The molecule has 1 aromatic heterocycles. The topological polar surface area (TPSA) is 42.3 Å². The van der Waals surface area contributed by atoms with E-state index in [1.807, 2.05) is 0 Å². The van der Waals surface area contributed by atoms with E-state index < -0.39 is 0 Å². The number of carbonyl (C=O) groups is 1. The molecule has 0 fully saturated rings. The van der Waals surface area contributed by atoms with E-state index in [2.05, 4.69) is 9.98 Å². The predicted octanol–water partition coefficient (Wildman–Crippen LogP) is 1.65. The van der Waals surface area contributed by atoms with Crippen LogP contribution >= 0.6 is 22.9 Å². The molecule has 5 heteroatoms. The summed E-state index contributed by atoms with van der Waals surface area (Å²) in [6.45, 7) is 0. The van der Waals surface area contributed by atoms with Gasteiger partial charge in [0.25, 0.3) is 0 Å². The summed E-state index contributed by atoms with van der Waals surface area (Å²) in [7, 11) is 0. The Bertz CT molecular complexity index is 258. The molecule has 0 aliphatic heterocycles. The van der Waals surface area contributed by atoms with Gasteiger partial charge in [0, 0.05) is 11.6 Å². The Morgan fingerprint density at radius 3 is 3.27 bits per heavy atom. The van der Waals surface area contributed by atoms with Crippen molar-refractivity contribution >= 4 is 40.1 Å². The third-order valence-corrected chi connectivity index (χ3v) is 1.81. The third-order valence-electron chi connectivity index (χ3n) is 0.870. The Morgan fingerprint density at radius 2 is 2.73 bits per heavy atom. The maximum Gasteiger partial charge on any atom is 0.209 e. The average molecular weight is 189 g/mol. The summed E-state index contributed by atoms with van der Waals surface area (Å²) in [5.41, 5.74) is 0. The molecule has 1 aromatic rings. The second-order valence-electron chi connectivity index (χ2n) is 1.67. The molecule has 1 heterocycles. The maximum absolute atomic E-state index is 10.6. The fourth-order valence-electron chi connectivity index (χ4n) is 0.441. The second-order valence-corrected chi connectivity index (χ2v) is 2.81. The fourth-order valence-corrected chi connectivity index (χ4v) is 0.989. The zero-order valence-electron chi connectivity index (χ0n) is 5.53. The van der Waals surface area contributed by atoms with Crippen LogP contribution in [0.15, 0.2) is 16.6 Å². The van der Waals surface area contributed by atoms with Crippen LogP contribution in [0.3, 0.4) is 0 Å². The van der Waals surface area contributed by atoms with Crippen LogP contribution in [-0.4, -0.2) is 22.9 Å². The maximum atomic E-state index is 10.6. The van der Waals surface area contributed by atoms with Gasteiger partial charge in [-0.3, -0.25) is 4.79 Å². The number of carbonyl (C=O) groups excluding carboxylic acids is 1. The summed E-state index contributed by atoms with van der Waals surface area (Å²) in [4.78, 5) is 18.2. The normalized spacial score (nSPS) is 10.6. The van der Waals surface area contributed by atoms with Crippen LogP contribution in [0.4, 0.5) is 5.13 Å². The first-order valence-electron chi connectivity index (χ1n) is 2.85. The van der Waals surface area contributed by atoms with E-state index >= 15 is 0 Å². The molecule has 0 amide bonds. The van der Waals surface area contributed by atoms with Crippen molar-refractivity contribution < 1.29 is 4.79 Å². The lowest BCUT2D eigenvalue weighted by Gasteiger charge is -1.81. The Morgan fingerprint density at radius 1 is 1.91 bits per heavy atom. The Hall–Kier alpha value is -0.740. The van der Waals surface area contributed by atoms with E-state index in [9.17, 15) is 4.79 Å². The van der Waals surface area contributed by atoms with Crippen molar-refractivity contribution in [1.82, 2.24) is 4.98 Å². The minimum atomic E-state index is -0.207. The molecule has 0 bridgehead atoms. The van der Waals surface area contributed by atoms with Gasteiger partial charge >= 0.3 is 0 Å². The molecule has 0 aliphatic carbocycles. The van der Waals surface area contributed by atoms with Crippen molar-refractivity contribution in [2.45, 2.75) is 0 Å². The van der Waals surface area contributed by atoms with Gasteiger partial charge in [-0.15, -0.1) is 22.9 Å². The van der Waals surface area contributed by atoms with Crippen molar-refractivity contribution in [3.63, 3.8) is 0 Å². The van der Waals surface area contributed by atoms with Crippen LogP contribution in [-0.2, 0) is 4.79 Å². The summed E-state index contributed by atoms with van der Waals surface area (Å²) >= 11 is 6.61.